The summed E-state index contributed by atoms with van der Waals surface area (Å²) < 4.78 is 68.4. The number of aromatic nitrogens is 1. The van der Waals surface area contributed by atoms with Crippen molar-refractivity contribution >= 4 is 5.97 Å². The van der Waals surface area contributed by atoms with Gasteiger partial charge in [-0.25, -0.2) is 14.2 Å². The minimum atomic E-state index is -4.89. The third-order valence-electron chi connectivity index (χ3n) is 4.03. The second-order valence-corrected chi connectivity index (χ2v) is 7.67. The number of benzene rings is 1. The molecule has 1 N–H and O–H groups in total. The molecule has 170 valence electrons. The van der Waals surface area contributed by atoms with Gasteiger partial charge in [0.25, 0.3) is 5.88 Å². The smallest absolute Gasteiger partial charge is 0.419 e. The number of rotatable bonds is 8. The van der Waals surface area contributed by atoms with Crippen LogP contribution >= 0.6 is 0 Å². The largest absolute Gasteiger partial charge is 0.497 e. The Bertz CT molecular complexity index is 880. The number of hydrogen-bond acceptors (Lipinski definition) is 6. The van der Waals surface area contributed by atoms with E-state index in [1.807, 2.05) is 20.8 Å². The molecule has 2 rings (SSSR count). The fraction of sp³-hybridized carbons (Fsp3) is 0.429. The molecule has 0 radical (unpaired) electrons. The number of alkyl halides is 3. The Kier molecular flexibility index (Phi) is 7.83. The lowest BCUT2D eigenvalue weighted by molar-refractivity contribution is -0.140. The average molecular weight is 444 g/mol. The fourth-order valence-electron chi connectivity index (χ4n) is 2.42. The van der Waals surface area contributed by atoms with Crippen LogP contribution in [0.1, 0.15) is 36.7 Å². The highest BCUT2D eigenvalue weighted by atomic mass is 19.4. The maximum absolute atomic E-state index is 14.2. The molecule has 31 heavy (non-hydrogen) atoms. The molecule has 0 saturated heterocycles. The topological polar surface area (TPSA) is 69.7 Å². The molecule has 1 unspecified atom stereocenters. The van der Waals surface area contributed by atoms with Crippen LogP contribution in [0.2, 0.25) is 0 Å². The van der Waals surface area contributed by atoms with E-state index in [1.165, 1.54) is 19.2 Å². The number of nitrogens with one attached hydrogen (secondary N) is 1. The van der Waals surface area contributed by atoms with Gasteiger partial charge in [-0.05, 0) is 51.1 Å². The molecule has 1 atom stereocenters. The van der Waals surface area contributed by atoms with E-state index in [9.17, 15) is 22.4 Å². The van der Waals surface area contributed by atoms with E-state index in [1.54, 1.807) is 12.1 Å². The van der Waals surface area contributed by atoms with Crippen molar-refractivity contribution in [2.24, 2.45) is 0 Å². The lowest BCUT2D eigenvalue weighted by atomic mass is 10.1. The molecule has 0 aliphatic heterocycles. The van der Waals surface area contributed by atoms with Crippen molar-refractivity contribution in [3.05, 3.63) is 53.5 Å². The summed E-state index contributed by atoms with van der Waals surface area (Å²) in [7, 11) is 1.49. The van der Waals surface area contributed by atoms with Gasteiger partial charge in [0.05, 0.1) is 18.2 Å². The highest BCUT2D eigenvalue weighted by Gasteiger charge is 2.36. The normalized spacial score (nSPS) is 12.9. The van der Waals surface area contributed by atoms with Crippen molar-refractivity contribution in [3.8, 4) is 11.6 Å². The standard InChI is InChI=1S/C21H24F4N2O4/c1-20(2,3)27-11-15(31-19(28)13-5-7-14(29-4)8-6-13)12-30-18-17(22)16(9-10-26-18)21(23,24)25/h5-10,15,27H,11-12H2,1-4H3. The van der Waals surface area contributed by atoms with Crippen LogP contribution in [0.25, 0.3) is 0 Å². The summed E-state index contributed by atoms with van der Waals surface area (Å²) in [6, 6.07) is 6.69. The van der Waals surface area contributed by atoms with Crippen LogP contribution in [0.3, 0.4) is 0 Å². The Labute approximate surface area is 177 Å². The molecule has 0 aliphatic rings. The third-order valence-corrected chi connectivity index (χ3v) is 4.03. The number of esters is 1. The van der Waals surface area contributed by atoms with Crippen molar-refractivity contribution in [1.82, 2.24) is 10.3 Å². The molecule has 1 aromatic carbocycles. The van der Waals surface area contributed by atoms with Crippen LogP contribution in [0.4, 0.5) is 17.6 Å². The molecule has 0 spiro atoms. The minimum absolute atomic E-state index is 0.117. The summed E-state index contributed by atoms with van der Waals surface area (Å²) >= 11 is 0. The van der Waals surface area contributed by atoms with Gasteiger partial charge < -0.3 is 19.5 Å². The predicted octanol–water partition coefficient (Wildman–Crippen LogP) is 4.24. The van der Waals surface area contributed by atoms with Crippen LogP contribution in [-0.2, 0) is 10.9 Å². The monoisotopic (exact) mass is 444 g/mol. The SMILES string of the molecule is COc1ccc(C(=O)OC(CNC(C)(C)C)COc2nccc(C(F)(F)F)c2F)cc1. The lowest BCUT2D eigenvalue weighted by Gasteiger charge is -2.25. The van der Waals surface area contributed by atoms with Gasteiger partial charge in [-0.1, -0.05) is 0 Å². The van der Waals surface area contributed by atoms with Crippen LogP contribution < -0.4 is 14.8 Å². The number of nitrogens with zero attached hydrogens (tertiary/aromatic N) is 1. The summed E-state index contributed by atoms with van der Waals surface area (Å²) in [5, 5.41) is 3.11. The minimum Gasteiger partial charge on any atom is -0.497 e. The number of halogens is 4. The zero-order chi connectivity index (χ0) is 23.2. The molecule has 0 amide bonds. The first-order chi connectivity index (χ1) is 14.4. The maximum atomic E-state index is 14.2. The molecule has 1 heterocycles. The summed E-state index contributed by atoms with van der Waals surface area (Å²) in [5.41, 5.74) is -1.59. The van der Waals surface area contributed by atoms with Crippen LogP contribution in [0.5, 0.6) is 11.6 Å². The number of carbonyl (C=O) groups is 1. The van der Waals surface area contributed by atoms with Gasteiger partial charge >= 0.3 is 12.1 Å². The Morgan fingerprint density at radius 1 is 1.13 bits per heavy atom. The van der Waals surface area contributed by atoms with E-state index in [0.717, 1.165) is 6.20 Å². The van der Waals surface area contributed by atoms with Gasteiger partial charge in [0.1, 0.15) is 18.5 Å². The second-order valence-electron chi connectivity index (χ2n) is 7.67. The maximum Gasteiger partial charge on any atom is 0.419 e. The van der Waals surface area contributed by atoms with Crippen LogP contribution in [0.15, 0.2) is 36.5 Å². The molecule has 10 heteroatoms. The summed E-state index contributed by atoms with van der Waals surface area (Å²) in [5.74, 6) is -2.57. The van der Waals surface area contributed by atoms with E-state index in [4.69, 9.17) is 14.2 Å². The van der Waals surface area contributed by atoms with E-state index < -0.39 is 42.1 Å². The molecular formula is C21H24F4N2O4. The van der Waals surface area contributed by atoms with Crippen molar-refractivity contribution in [3.63, 3.8) is 0 Å². The Hall–Kier alpha value is -2.88. The van der Waals surface area contributed by atoms with Gasteiger partial charge in [0.2, 0.25) is 0 Å². The van der Waals surface area contributed by atoms with Gasteiger partial charge in [-0.2, -0.15) is 13.2 Å². The van der Waals surface area contributed by atoms with Crippen LogP contribution in [-0.4, -0.2) is 42.9 Å². The highest BCUT2D eigenvalue weighted by molar-refractivity contribution is 5.89. The molecule has 1 aromatic heterocycles. The second kappa shape index (κ2) is 9.95. The molecule has 0 fully saturated rings. The van der Waals surface area contributed by atoms with E-state index in [2.05, 4.69) is 10.3 Å². The summed E-state index contributed by atoms with van der Waals surface area (Å²) in [6.45, 7) is 5.35. The lowest BCUT2D eigenvalue weighted by Crippen LogP contribution is -2.44. The first-order valence-corrected chi connectivity index (χ1v) is 9.35. The molecule has 0 saturated carbocycles. The number of hydrogen-bond donors (Lipinski definition) is 1. The average Bonchev–Trinajstić information content (AvgIpc) is 2.69. The summed E-state index contributed by atoms with van der Waals surface area (Å²) in [4.78, 5) is 16.0. The van der Waals surface area contributed by atoms with Crippen molar-refractivity contribution in [2.75, 3.05) is 20.3 Å². The van der Waals surface area contributed by atoms with Gasteiger partial charge in [-0.3, -0.25) is 0 Å². The van der Waals surface area contributed by atoms with Gasteiger partial charge in [0.15, 0.2) is 5.82 Å². The quantitative estimate of drug-likeness (QED) is 0.485. The molecular weight excluding hydrogens is 420 g/mol. The van der Waals surface area contributed by atoms with Gasteiger partial charge in [-0.15, -0.1) is 0 Å². The Morgan fingerprint density at radius 2 is 1.77 bits per heavy atom. The fourth-order valence-corrected chi connectivity index (χ4v) is 2.42. The van der Waals surface area contributed by atoms with Crippen molar-refractivity contribution in [1.29, 1.82) is 0 Å². The first-order valence-electron chi connectivity index (χ1n) is 9.35. The molecule has 2 aromatic rings. The molecule has 0 bridgehead atoms. The van der Waals surface area contributed by atoms with E-state index in [0.29, 0.717) is 11.8 Å². The van der Waals surface area contributed by atoms with Crippen molar-refractivity contribution < 1.29 is 36.6 Å². The zero-order valence-electron chi connectivity index (χ0n) is 17.5. The zero-order valence-corrected chi connectivity index (χ0v) is 17.5. The Morgan fingerprint density at radius 3 is 2.32 bits per heavy atom. The predicted molar refractivity (Wildman–Crippen MR) is 105 cm³/mol. The van der Waals surface area contributed by atoms with E-state index >= 15 is 0 Å². The molecule has 0 aliphatic carbocycles. The summed E-state index contributed by atoms with van der Waals surface area (Å²) in [6.07, 6.45) is -5.02. The number of methoxy groups -OCH3 is 1. The number of pyridine rings is 1. The third kappa shape index (κ3) is 7.39. The Balaban J connectivity index is 2.13. The van der Waals surface area contributed by atoms with Crippen molar-refractivity contribution in [2.45, 2.75) is 38.6 Å². The van der Waals surface area contributed by atoms with Gasteiger partial charge in [0, 0.05) is 18.3 Å². The first kappa shape index (κ1) is 24.4. The highest BCUT2D eigenvalue weighted by Crippen LogP contribution is 2.33. The number of ether oxygens (including phenoxy) is 3. The van der Waals surface area contributed by atoms with E-state index in [-0.39, 0.29) is 17.6 Å². The van der Waals surface area contributed by atoms with Crippen LogP contribution in [0, 0.1) is 5.82 Å². The molecule has 6 nitrogen and oxygen atoms in total. The number of carbonyl (C=O) groups excluding carboxylic acids is 1.